The Bertz CT molecular complexity index is 405. The van der Waals surface area contributed by atoms with E-state index in [4.69, 9.17) is 5.73 Å². The minimum atomic E-state index is 0.331. The molecule has 1 aromatic rings. The minimum Gasteiger partial charge on any atom is -0.329 e. The molecule has 0 radical (unpaired) electrons. The lowest BCUT2D eigenvalue weighted by atomic mass is 9.96. The molecule has 0 saturated carbocycles. The van der Waals surface area contributed by atoms with Gasteiger partial charge in [-0.2, -0.15) is 0 Å². The first kappa shape index (κ1) is 14.5. The van der Waals surface area contributed by atoms with Crippen LogP contribution in [-0.2, 0) is 0 Å². The van der Waals surface area contributed by atoms with Gasteiger partial charge >= 0.3 is 0 Å². The molecule has 0 bridgehead atoms. The number of benzene rings is 1. The smallest absolute Gasteiger partial charge is 0.0473 e. The second-order valence-corrected chi connectivity index (χ2v) is 5.83. The number of hydrogen-bond acceptors (Lipinski definition) is 3. The Morgan fingerprint density at radius 2 is 2.16 bits per heavy atom. The summed E-state index contributed by atoms with van der Waals surface area (Å²) >= 11 is 0. The Hall–Kier alpha value is -0.900. The highest BCUT2D eigenvalue weighted by atomic mass is 15.2. The maximum Gasteiger partial charge on any atom is 0.0473 e. The summed E-state index contributed by atoms with van der Waals surface area (Å²) in [7, 11) is 4.44. The van der Waals surface area contributed by atoms with Gasteiger partial charge in [0, 0.05) is 25.2 Å². The number of nitrogens with two attached hydrogens (primary N) is 1. The van der Waals surface area contributed by atoms with Gasteiger partial charge in [0.1, 0.15) is 0 Å². The molecule has 1 heterocycles. The number of piperidine rings is 1. The Morgan fingerprint density at radius 1 is 1.42 bits per heavy atom. The third kappa shape index (κ3) is 3.35. The maximum atomic E-state index is 6.06. The zero-order valence-corrected chi connectivity index (χ0v) is 12.5. The first-order valence-corrected chi connectivity index (χ1v) is 7.29. The fraction of sp³-hybridized carbons (Fsp3) is 0.625. The van der Waals surface area contributed by atoms with Gasteiger partial charge in [-0.15, -0.1) is 0 Å². The lowest BCUT2D eigenvalue weighted by molar-refractivity contribution is 0.101. The van der Waals surface area contributed by atoms with Crippen molar-refractivity contribution >= 4 is 0 Å². The maximum absolute atomic E-state index is 6.06. The molecule has 1 fully saturated rings. The molecule has 1 aromatic carbocycles. The van der Waals surface area contributed by atoms with Crippen molar-refractivity contribution in [2.45, 2.75) is 31.8 Å². The van der Waals surface area contributed by atoms with Crippen LogP contribution in [0.15, 0.2) is 24.3 Å². The van der Waals surface area contributed by atoms with E-state index >= 15 is 0 Å². The molecule has 3 heteroatoms. The number of hydrogen-bond donors (Lipinski definition) is 1. The van der Waals surface area contributed by atoms with Gasteiger partial charge in [0.25, 0.3) is 0 Å². The standard InChI is InChI=1S/C16H27N3/c1-13-7-4-5-9-15(13)16(11-17)19(3)14-8-6-10-18(2)12-14/h4-5,7,9,14,16H,6,8,10-12,17H2,1-3H3. The van der Waals surface area contributed by atoms with Crippen molar-refractivity contribution in [3.63, 3.8) is 0 Å². The van der Waals surface area contributed by atoms with E-state index in [2.05, 4.69) is 55.1 Å². The van der Waals surface area contributed by atoms with Crippen LogP contribution in [-0.4, -0.2) is 49.6 Å². The van der Waals surface area contributed by atoms with Crippen molar-refractivity contribution in [2.24, 2.45) is 5.73 Å². The molecule has 106 valence electrons. The summed E-state index contributed by atoms with van der Waals surface area (Å²) in [6, 6.07) is 9.56. The van der Waals surface area contributed by atoms with Crippen molar-refractivity contribution < 1.29 is 0 Å². The van der Waals surface area contributed by atoms with Crippen LogP contribution in [0.4, 0.5) is 0 Å². The van der Waals surface area contributed by atoms with E-state index in [0.717, 1.165) is 6.54 Å². The molecule has 2 N–H and O–H groups in total. The van der Waals surface area contributed by atoms with E-state index in [1.54, 1.807) is 0 Å². The minimum absolute atomic E-state index is 0.331. The number of likely N-dealkylation sites (tertiary alicyclic amines) is 1. The van der Waals surface area contributed by atoms with Gasteiger partial charge in [-0.25, -0.2) is 0 Å². The summed E-state index contributed by atoms with van der Waals surface area (Å²) in [4.78, 5) is 4.91. The predicted molar refractivity (Wildman–Crippen MR) is 81.3 cm³/mol. The van der Waals surface area contributed by atoms with Crippen LogP contribution < -0.4 is 5.73 Å². The fourth-order valence-electron chi connectivity index (χ4n) is 3.20. The Labute approximate surface area is 117 Å². The first-order valence-electron chi connectivity index (χ1n) is 7.29. The third-order valence-corrected chi connectivity index (χ3v) is 4.44. The van der Waals surface area contributed by atoms with E-state index < -0.39 is 0 Å². The van der Waals surface area contributed by atoms with Crippen LogP contribution in [0.3, 0.4) is 0 Å². The summed E-state index contributed by atoms with van der Waals surface area (Å²) in [5.74, 6) is 0. The molecular formula is C16H27N3. The monoisotopic (exact) mass is 261 g/mol. The van der Waals surface area contributed by atoms with Gasteiger partial charge in [0.15, 0.2) is 0 Å². The lowest BCUT2D eigenvalue weighted by Gasteiger charge is -2.40. The van der Waals surface area contributed by atoms with Crippen molar-refractivity contribution in [3.05, 3.63) is 35.4 Å². The molecule has 3 nitrogen and oxygen atoms in total. The number of nitrogens with zero attached hydrogens (tertiary/aromatic N) is 2. The SMILES string of the molecule is Cc1ccccc1C(CN)N(C)C1CCCN(C)C1. The Balaban J connectivity index is 2.15. The average Bonchev–Trinajstić information content (AvgIpc) is 2.41. The Kier molecular flexibility index (Phi) is 4.97. The molecule has 1 aliphatic rings. The van der Waals surface area contributed by atoms with E-state index in [1.165, 1.54) is 30.5 Å². The van der Waals surface area contributed by atoms with E-state index in [9.17, 15) is 0 Å². The Morgan fingerprint density at radius 3 is 2.79 bits per heavy atom. The van der Waals surface area contributed by atoms with E-state index in [-0.39, 0.29) is 0 Å². The lowest BCUT2D eigenvalue weighted by Crippen LogP contribution is -2.47. The average molecular weight is 261 g/mol. The highest BCUT2D eigenvalue weighted by Crippen LogP contribution is 2.26. The van der Waals surface area contributed by atoms with Gasteiger partial charge in [0.05, 0.1) is 0 Å². The molecule has 2 atom stereocenters. The summed E-state index contributed by atoms with van der Waals surface area (Å²) in [6.07, 6.45) is 2.57. The highest BCUT2D eigenvalue weighted by molar-refractivity contribution is 5.29. The first-order chi connectivity index (χ1) is 9.13. The topological polar surface area (TPSA) is 32.5 Å². The van der Waals surface area contributed by atoms with Crippen molar-refractivity contribution in [2.75, 3.05) is 33.7 Å². The second kappa shape index (κ2) is 6.51. The van der Waals surface area contributed by atoms with Crippen LogP contribution in [0.1, 0.15) is 30.0 Å². The van der Waals surface area contributed by atoms with Crippen molar-refractivity contribution in [3.8, 4) is 0 Å². The summed E-state index contributed by atoms with van der Waals surface area (Å²) in [6.45, 7) is 5.24. The summed E-state index contributed by atoms with van der Waals surface area (Å²) in [5, 5.41) is 0. The third-order valence-electron chi connectivity index (χ3n) is 4.44. The molecule has 0 spiro atoms. The zero-order valence-electron chi connectivity index (χ0n) is 12.5. The molecule has 1 saturated heterocycles. The molecule has 2 rings (SSSR count). The van der Waals surface area contributed by atoms with Crippen LogP contribution >= 0.6 is 0 Å². The van der Waals surface area contributed by atoms with Crippen molar-refractivity contribution in [1.29, 1.82) is 0 Å². The van der Waals surface area contributed by atoms with Crippen LogP contribution in [0, 0.1) is 6.92 Å². The van der Waals surface area contributed by atoms with E-state index in [0.29, 0.717) is 18.6 Å². The van der Waals surface area contributed by atoms with Gasteiger partial charge in [-0.1, -0.05) is 24.3 Å². The molecule has 1 aliphatic heterocycles. The molecule has 0 aliphatic carbocycles. The molecule has 0 aromatic heterocycles. The van der Waals surface area contributed by atoms with Gasteiger partial charge in [-0.05, 0) is 51.5 Å². The largest absolute Gasteiger partial charge is 0.329 e. The fourth-order valence-corrected chi connectivity index (χ4v) is 3.20. The zero-order chi connectivity index (χ0) is 13.8. The second-order valence-electron chi connectivity index (χ2n) is 5.83. The molecular weight excluding hydrogens is 234 g/mol. The predicted octanol–water partition coefficient (Wildman–Crippen LogP) is 2.02. The number of rotatable bonds is 4. The molecule has 19 heavy (non-hydrogen) atoms. The highest BCUT2D eigenvalue weighted by Gasteiger charge is 2.27. The van der Waals surface area contributed by atoms with Crippen LogP contribution in [0.2, 0.25) is 0 Å². The number of aryl methyl sites for hydroxylation is 1. The molecule has 2 unspecified atom stereocenters. The van der Waals surface area contributed by atoms with Crippen molar-refractivity contribution in [1.82, 2.24) is 9.80 Å². The van der Waals surface area contributed by atoms with Gasteiger partial charge in [-0.3, -0.25) is 4.90 Å². The molecule has 0 amide bonds. The van der Waals surface area contributed by atoms with Crippen LogP contribution in [0.25, 0.3) is 0 Å². The number of likely N-dealkylation sites (N-methyl/N-ethyl adjacent to an activating group) is 2. The quantitative estimate of drug-likeness (QED) is 0.900. The van der Waals surface area contributed by atoms with Gasteiger partial charge in [0.2, 0.25) is 0 Å². The van der Waals surface area contributed by atoms with E-state index in [1.807, 2.05) is 0 Å². The van der Waals surface area contributed by atoms with Gasteiger partial charge < -0.3 is 10.6 Å². The normalized spacial score (nSPS) is 22.7. The van der Waals surface area contributed by atoms with Crippen LogP contribution in [0.5, 0.6) is 0 Å². The summed E-state index contributed by atoms with van der Waals surface area (Å²) in [5.41, 5.74) is 8.78. The summed E-state index contributed by atoms with van der Waals surface area (Å²) < 4.78 is 0.